The molecule has 2 atom stereocenters. The van der Waals surface area contributed by atoms with Crippen LogP contribution in [0.15, 0.2) is 0 Å². The molecular formula is C11H24NO5P. The number of methoxy groups -OCH3 is 1. The maximum Gasteiger partial charge on any atom is 0.323 e. The zero-order valence-corrected chi connectivity index (χ0v) is 12.8. The predicted molar refractivity (Wildman–Crippen MR) is 69.5 cm³/mol. The Labute approximate surface area is 109 Å². The number of carbonyl (C=O) groups is 1. The molecule has 0 heterocycles. The molecule has 108 valence electrons. The van der Waals surface area contributed by atoms with Crippen molar-refractivity contribution in [2.24, 2.45) is 0 Å². The molecule has 7 heteroatoms. The largest absolute Gasteiger partial charge is 0.462 e. The molecule has 6 nitrogen and oxygen atoms in total. The molecule has 0 amide bonds. The highest BCUT2D eigenvalue weighted by Gasteiger charge is 2.30. The summed E-state index contributed by atoms with van der Waals surface area (Å²) in [5.41, 5.74) is 0. The highest BCUT2D eigenvalue weighted by molar-refractivity contribution is 7.56. The third-order valence-corrected chi connectivity index (χ3v) is 3.92. The van der Waals surface area contributed by atoms with Gasteiger partial charge in [0.1, 0.15) is 12.4 Å². The van der Waals surface area contributed by atoms with Crippen LogP contribution in [0.5, 0.6) is 0 Å². The fourth-order valence-corrected chi connectivity index (χ4v) is 3.20. The van der Waals surface area contributed by atoms with Crippen LogP contribution in [-0.2, 0) is 23.4 Å². The van der Waals surface area contributed by atoms with Crippen molar-refractivity contribution in [1.82, 2.24) is 5.09 Å². The van der Waals surface area contributed by atoms with Crippen LogP contribution in [-0.4, -0.2) is 37.7 Å². The Morgan fingerprint density at radius 1 is 1.17 bits per heavy atom. The first kappa shape index (κ1) is 17.6. The Hall–Kier alpha value is -0.420. The van der Waals surface area contributed by atoms with Gasteiger partial charge < -0.3 is 14.0 Å². The molecule has 0 aliphatic rings. The van der Waals surface area contributed by atoms with Crippen LogP contribution < -0.4 is 5.09 Å². The van der Waals surface area contributed by atoms with E-state index in [0.29, 0.717) is 0 Å². The van der Waals surface area contributed by atoms with Gasteiger partial charge in [-0.3, -0.25) is 9.36 Å². The zero-order chi connectivity index (χ0) is 14.3. The molecule has 0 aliphatic heterocycles. The lowest BCUT2D eigenvalue weighted by molar-refractivity contribution is -0.149. The lowest BCUT2D eigenvalue weighted by Crippen LogP contribution is -2.36. The van der Waals surface area contributed by atoms with E-state index in [2.05, 4.69) is 5.09 Å². The third kappa shape index (κ3) is 7.11. The minimum Gasteiger partial charge on any atom is -0.462 e. The molecule has 18 heavy (non-hydrogen) atoms. The quantitative estimate of drug-likeness (QED) is 0.543. The number of nitrogens with one attached hydrogen (secondary N) is 1. The summed E-state index contributed by atoms with van der Waals surface area (Å²) in [6.07, 6.45) is -0.536. The second-order valence-electron chi connectivity index (χ2n) is 4.58. The molecule has 0 bridgehead atoms. The molecule has 0 saturated carbocycles. The lowest BCUT2D eigenvalue weighted by Gasteiger charge is -2.24. The average molecular weight is 281 g/mol. The van der Waals surface area contributed by atoms with Crippen molar-refractivity contribution in [2.45, 2.75) is 52.9 Å². The Balaban J connectivity index is 4.57. The molecule has 0 aromatic heterocycles. The lowest BCUT2D eigenvalue weighted by atomic mass is 10.4. The van der Waals surface area contributed by atoms with Gasteiger partial charge >= 0.3 is 5.97 Å². The second kappa shape index (κ2) is 7.89. The van der Waals surface area contributed by atoms with Crippen LogP contribution in [0.25, 0.3) is 0 Å². The Kier molecular flexibility index (Phi) is 7.71. The van der Waals surface area contributed by atoms with Crippen molar-refractivity contribution < 1.29 is 23.4 Å². The van der Waals surface area contributed by atoms with Gasteiger partial charge in [0, 0.05) is 7.11 Å². The summed E-state index contributed by atoms with van der Waals surface area (Å²) in [7, 11) is -1.78. The first-order chi connectivity index (χ1) is 8.20. The van der Waals surface area contributed by atoms with Gasteiger partial charge in [-0.05, 0) is 34.6 Å². The van der Waals surface area contributed by atoms with Gasteiger partial charge in [0.15, 0.2) is 0 Å². The zero-order valence-electron chi connectivity index (χ0n) is 11.9. The van der Waals surface area contributed by atoms with E-state index >= 15 is 0 Å². The number of ether oxygens (including phenoxy) is 2. The fourth-order valence-electron chi connectivity index (χ4n) is 1.29. The minimum atomic E-state index is -3.20. The smallest absolute Gasteiger partial charge is 0.323 e. The molecule has 0 rings (SSSR count). The van der Waals surface area contributed by atoms with Crippen LogP contribution in [0, 0.1) is 0 Å². The second-order valence-corrected chi connectivity index (χ2v) is 6.66. The normalized spacial score (nSPS) is 16.7. The summed E-state index contributed by atoms with van der Waals surface area (Å²) < 4.78 is 27.6. The van der Waals surface area contributed by atoms with Crippen LogP contribution >= 0.6 is 7.52 Å². The highest BCUT2D eigenvalue weighted by Crippen LogP contribution is 2.44. The van der Waals surface area contributed by atoms with E-state index in [4.69, 9.17) is 14.0 Å². The topological polar surface area (TPSA) is 73.9 Å². The molecule has 0 radical (unpaired) electrons. The van der Waals surface area contributed by atoms with Gasteiger partial charge in [0.2, 0.25) is 0 Å². The van der Waals surface area contributed by atoms with E-state index in [9.17, 15) is 9.36 Å². The SMILES string of the molecule is COCP(=O)(N[C@@H](C)C(=O)OC(C)C)OC(C)C. The molecule has 0 aliphatic carbocycles. The maximum absolute atomic E-state index is 12.4. The summed E-state index contributed by atoms with van der Waals surface area (Å²) >= 11 is 0. The Morgan fingerprint density at radius 3 is 2.11 bits per heavy atom. The van der Waals surface area contributed by atoms with Crippen molar-refractivity contribution in [3.8, 4) is 0 Å². The van der Waals surface area contributed by atoms with E-state index in [-0.39, 0.29) is 18.6 Å². The predicted octanol–water partition coefficient (Wildman–Crippen LogP) is 2.14. The molecule has 0 fully saturated rings. The average Bonchev–Trinajstić information content (AvgIpc) is 2.14. The van der Waals surface area contributed by atoms with Gasteiger partial charge in [-0.25, -0.2) is 5.09 Å². The van der Waals surface area contributed by atoms with Gasteiger partial charge in [0.25, 0.3) is 7.52 Å². The summed E-state index contributed by atoms with van der Waals surface area (Å²) in [6, 6.07) is -0.716. The highest BCUT2D eigenvalue weighted by atomic mass is 31.2. The van der Waals surface area contributed by atoms with Crippen LogP contribution in [0.1, 0.15) is 34.6 Å². The molecule has 0 saturated heterocycles. The van der Waals surface area contributed by atoms with Gasteiger partial charge in [-0.1, -0.05) is 0 Å². The summed E-state index contributed by atoms with van der Waals surface area (Å²) in [5.74, 6) is -0.464. The first-order valence-electron chi connectivity index (χ1n) is 5.95. The fraction of sp³-hybridized carbons (Fsp3) is 0.909. The summed E-state index contributed by atoms with van der Waals surface area (Å²) in [4.78, 5) is 11.6. The third-order valence-electron chi connectivity index (χ3n) is 1.78. The minimum absolute atomic E-state index is 0.0928. The van der Waals surface area contributed by atoms with E-state index in [1.807, 2.05) is 0 Å². The number of carbonyl (C=O) groups excluding carboxylic acids is 1. The monoisotopic (exact) mass is 281 g/mol. The van der Waals surface area contributed by atoms with Crippen molar-refractivity contribution in [2.75, 3.05) is 13.5 Å². The summed E-state index contributed by atoms with van der Waals surface area (Å²) in [5, 5.41) is 2.66. The molecule has 0 spiro atoms. The van der Waals surface area contributed by atoms with Crippen molar-refractivity contribution >= 4 is 13.5 Å². The number of rotatable bonds is 8. The first-order valence-corrected chi connectivity index (χ1v) is 7.76. The van der Waals surface area contributed by atoms with Crippen molar-refractivity contribution in [3.63, 3.8) is 0 Å². The van der Waals surface area contributed by atoms with Gasteiger partial charge in [0.05, 0.1) is 12.2 Å². The van der Waals surface area contributed by atoms with Gasteiger partial charge in [-0.2, -0.15) is 0 Å². The molecular weight excluding hydrogens is 257 g/mol. The molecule has 1 unspecified atom stereocenters. The Morgan fingerprint density at radius 2 is 1.72 bits per heavy atom. The maximum atomic E-state index is 12.4. The summed E-state index contributed by atoms with van der Waals surface area (Å²) in [6.45, 7) is 8.62. The number of hydrogen-bond donors (Lipinski definition) is 1. The van der Waals surface area contributed by atoms with Crippen LogP contribution in [0.3, 0.4) is 0 Å². The molecule has 0 aromatic rings. The molecule has 0 aromatic carbocycles. The van der Waals surface area contributed by atoms with Gasteiger partial charge in [-0.15, -0.1) is 0 Å². The van der Waals surface area contributed by atoms with Crippen molar-refractivity contribution in [3.05, 3.63) is 0 Å². The number of esters is 1. The Bertz CT molecular complexity index is 306. The van der Waals surface area contributed by atoms with E-state index in [0.717, 1.165) is 0 Å². The van der Waals surface area contributed by atoms with Crippen LogP contribution in [0.2, 0.25) is 0 Å². The van der Waals surface area contributed by atoms with Crippen LogP contribution in [0.4, 0.5) is 0 Å². The van der Waals surface area contributed by atoms with E-state index in [1.165, 1.54) is 7.11 Å². The number of hydrogen-bond acceptors (Lipinski definition) is 5. The van der Waals surface area contributed by atoms with E-state index in [1.54, 1.807) is 34.6 Å². The molecule has 1 N–H and O–H groups in total. The standard InChI is InChI=1S/C11H24NO5P/c1-8(2)16-11(13)10(5)12-18(14,7-15-6)17-9(3)4/h8-10H,7H2,1-6H3,(H,12,14)/t10-,18?/m0/s1. The van der Waals surface area contributed by atoms with E-state index < -0.39 is 19.5 Å². The van der Waals surface area contributed by atoms with Crippen molar-refractivity contribution in [1.29, 1.82) is 0 Å².